The molecule has 0 radical (unpaired) electrons. The number of thioether (sulfide) groups is 1. The van der Waals surface area contributed by atoms with Crippen molar-refractivity contribution in [2.24, 2.45) is 0 Å². The van der Waals surface area contributed by atoms with E-state index in [0.29, 0.717) is 0 Å². The molecular formula is C17H15BrN2S. The zero-order valence-electron chi connectivity index (χ0n) is 11.9. The molecule has 0 saturated heterocycles. The average molecular weight is 359 g/mol. The maximum Gasteiger partial charge on any atom is 0.0734 e. The third-order valence-corrected chi connectivity index (χ3v) is 5.17. The van der Waals surface area contributed by atoms with Crippen LogP contribution in [0.25, 0.3) is 15.8 Å². The van der Waals surface area contributed by atoms with Crippen LogP contribution in [0.4, 0.5) is 0 Å². The van der Waals surface area contributed by atoms with Gasteiger partial charge in [0.15, 0.2) is 0 Å². The van der Waals surface area contributed by atoms with Crippen molar-refractivity contribution in [2.75, 3.05) is 0 Å². The van der Waals surface area contributed by atoms with Gasteiger partial charge >= 0.3 is 0 Å². The summed E-state index contributed by atoms with van der Waals surface area (Å²) in [6, 6.07) is 12.7. The third-order valence-electron chi connectivity index (χ3n) is 3.35. The van der Waals surface area contributed by atoms with E-state index in [1.165, 1.54) is 20.9 Å². The Morgan fingerprint density at radius 3 is 2.86 bits per heavy atom. The van der Waals surface area contributed by atoms with Gasteiger partial charge in [0.05, 0.1) is 11.7 Å². The zero-order chi connectivity index (χ0) is 14.8. The summed E-state index contributed by atoms with van der Waals surface area (Å²) in [5.74, 6) is 0. The Bertz CT molecular complexity index is 821. The number of aromatic nitrogens is 2. The smallest absolute Gasteiger partial charge is 0.0734 e. The first kappa shape index (κ1) is 14.4. The Morgan fingerprint density at radius 1 is 1.29 bits per heavy atom. The van der Waals surface area contributed by atoms with Crippen LogP contribution in [0.3, 0.4) is 0 Å². The van der Waals surface area contributed by atoms with Crippen molar-refractivity contribution >= 4 is 43.5 Å². The average Bonchev–Trinajstić information content (AvgIpc) is 2.94. The second-order valence-corrected chi connectivity index (χ2v) is 6.81. The minimum atomic E-state index is 1.07. The number of benzene rings is 2. The molecule has 0 saturated carbocycles. The van der Waals surface area contributed by atoms with Crippen LogP contribution in [-0.4, -0.2) is 10.2 Å². The molecule has 0 aliphatic carbocycles. The molecular weight excluding hydrogens is 344 g/mol. The summed E-state index contributed by atoms with van der Waals surface area (Å²) in [5.41, 5.74) is 3.54. The largest absolute Gasteiger partial charge is 0.277 e. The fourth-order valence-corrected chi connectivity index (χ4v) is 3.75. The Balaban J connectivity index is 2.07. The van der Waals surface area contributed by atoms with Gasteiger partial charge in [0.25, 0.3) is 0 Å². The summed E-state index contributed by atoms with van der Waals surface area (Å²) in [5, 5.41) is 8.38. The molecule has 0 amide bonds. The van der Waals surface area contributed by atoms with E-state index < -0.39 is 0 Å². The van der Waals surface area contributed by atoms with Gasteiger partial charge in [-0.15, -0.1) is 0 Å². The second-order valence-electron chi connectivity index (χ2n) is 4.81. The molecule has 2 aromatic carbocycles. The van der Waals surface area contributed by atoms with Crippen LogP contribution in [-0.2, 0) is 0 Å². The van der Waals surface area contributed by atoms with Gasteiger partial charge < -0.3 is 0 Å². The predicted molar refractivity (Wildman–Crippen MR) is 94.5 cm³/mol. The van der Waals surface area contributed by atoms with E-state index in [4.69, 9.17) is 0 Å². The number of hydrogen-bond acceptors (Lipinski definition) is 2. The highest BCUT2D eigenvalue weighted by molar-refractivity contribution is 9.10. The first-order valence-electron chi connectivity index (χ1n) is 6.72. The topological polar surface area (TPSA) is 28.7 Å². The Morgan fingerprint density at radius 2 is 2.10 bits per heavy atom. The Labute approximate surface area is 136 Å². The zero-order valence-corrected chi connectivity index (χ0v) is 14.3. The lowest BCUT2D eigenvalue weighted by molar-refractivity contribution is 1.12. The summed E-state index contributed by atoms with van der Waals surface area (Å²) in [6.45, 7) is 4.21. The number of aromatic amines is 1. The number of rotatable bonds is 3. The summed E-state index contributed by atoms with van der Waals surface area (Å²) in [4.78, 5) is 2.50. The van der Waals surface area contributed by atoms with E-state index in [9.17, 15) is 0 Å². The van der Waals surface area contributed by atoms with Gasteiger partial charge in [-0.25, -0.2) is 0 Å². The van der Waals surface area contributed by atoms with E-state index in [1.807, 2.05) is 6.20 Å². The fourth-order valence-electron chi connectivity index (χ4n) is 2.27. The number of hydrogen-bond donors (Lipinski definition) is 1. The third kappa shape index (κ3) is 2.92. The fraction of sp³-hybridized carbons (Fsp3) is 0.118. The standard InChI is InChI=1S/C17H15BrN2S/c1-3-15(21-16-7-5-4-6-11(16)2)14-9-13(18)8-12-10-19-20-17(12)14/h3-10H,1-2H3,(H,19,20)/b15-3-. The van der Waals surface area contributed by atoms with Gasteiger partial charge in [0.2, 0.25) is 0 Å². The number of nitrogens with one attached hydrogen (secondary N) is 1. The van der Waals surface area contributed by atoms with Crippen molar-refractivity contribution in [3.63, 3.8) is 0 Å². The lowest BCUT2D eigenvalue weighted by Crippen LogP contribution is -1.86. The molecule has 21 heavy (non-hydrogen) atoms. The van der Waals surface area contributed by atoms with E-state index in [1.54, 1.807) is 11.8 Å². The highest BCUT2D eigenvalue weighted by Crippen LogP contribution is 2.39. The maximum atomic E-state index is 4.16. The number of allylic oxidation sites excluding steroid dienone is 1. The molecule has 3 rings (SSSR count). The normalized spacial score (nSPS) is 12.0. The molecule has 2 nitrogen and oxygen atoms in total. The van der Waals surface area contributed by atoms with E-state index >= 15 is 0 Å². The van der Waals surface area contributed by atoms with Crippen molar-refractivity contribution in [3.05, 3.63) is 64.3 Å². The van der Waals surface area contributed by atoms with Gasteiger partial charge in [-0.3, -0.25) is 5.10 Å². The number of aryl methyl sites for hydroxylation is 1. The predicted octanol–water partition coefficient (Wildman–Crippen LogP) is 5.79. The second kappa shape index (κ2) is 6.08. The first-order valence-corrected chi connectivity index (χ1v) is 8.33. The molecule has 0 aliphatic rings. The number of halogens is 1. The Kier molecular flexibility index (Phi) is 4.17. The monoisotopic (exact) mass is 358 g/mol. The van der Waals surface area contributed by atoms with Crippen LogP contribution in [0.15, 0.2) is 58.0 Å². The summed E-state index contributed by atoms with van der Waals surface area (Å²) in [6.07, 6.45) is 4.01. The van der Waals surface area contributed by atoms with Crippen molar-refractivity contribution < 1.29 is 0 Å². The lowest BCUT2D eigenvalue weighted by atomic mass is 10.1. The van der Waals surface area contributed by atoms with Crippen molar-refractivity contribution in [2.45, 2.75) is 18.7 Å². The minimum absolute atomic E-state index is 1.07. The first-order chi connectivity index (χ1) is 10.2. The molecule has 106 valence electrons. The van der Waals surface area contributed by atoms with E-state index in [-0.39, 0.29) is 0 Å². The molecule has 0 bridgehead atoms. The molecule has 0 aliphatic heterocycles. The minimum Gasteiger partial charge on any atom is -0.277 e. The van der Waals surface area contributed by atoms with Crippen LogP contribution in [0, 0.1) is 6.92 Å². The van der Waals surface area contributed by atoms with Crippen LogP contribution in [0.2, 0.25) is 0 Å². The van der Waals surface area contributed by atoms with Crippen LogP contribution in [0.5, 0.6) is 0 Å². The number of H-pyrrole nitrogens is 1. The van der Waals surface area contributed by atoms with Crippen molar-refractivity contribution in [3.8, 4) is 0 Å². The van der Waals surface area contributed by atoms with Crippen molar-refractivity contribution in [1.29, 1.82) is 0 Å². The Hall–Kier alpha value is -1.52. The van der Waals surface area contributed by atoms with Gasteiger partial charge in [-0.1, -0.05) is 52.0 Å². The molecule has 0 spiro atoms. The molecule has 0 atom stereocenters. The number of nitrogens with zero attached hydrogens (tertiary/aromatic N) is 1. The highest BCUT2D eigenvalue weighted by atomic mass is 79.9. The number of fused-ring (bicyclic) bond motifs is 1. The molecule has 1 heterocycles. The van der Waals surface area contributed by atoms with Crippen molar-refractivity contribution in [1.82, 2.24) is 10.2 Å². The van der Waals surface area contributed by atoms with Gasteiger partial charge in [-0.2, -0.15) is 5.10 Å². The molecule has 1 aromatic heterocycles. The molecule has 4 heteroatoms. The van der Waals surface area contributed by atoms with Gasteiger partial charge in [0.1, 0.15) is 0 Å². The summed E-state index contributed by atoms with van der Waals surface area (Å²) >= 11 is 5.38. The molecule has 3 aromatic rings. The molecule has 0 fully saturated rings. The van der Waals surface area contributed by atoms with Crippen LogP contribution < -0.4 is 0 Å². The highest BCUT2D eigenvalue weighted by Gasteiger charge is 2.11. The SMILES string of the molecule is C/C=C(\Sc1ccccc1C)c1cc(Br)cc2cn[nH]c12. The summed E-state index contributed by atoms with van der Waals surface area (Å²) < 4.78 is 1.07. The maximum absolute atomic E-state index is 4.16. The van der Waals surface area contributed by atoms with Crippen LogP contribution >= 0.6 is 27.7 Å². The van der Waals surface area contributed by atoms with Gasteiger partial charge in [0, 0.05) is 25.2 Å². The lowest BCUT2D eigenvalue weighted by Gasteiger charge is -2.11. The van der Waals surface area contributed by atoms with E-state index in [2.05, 4.69) is 82.4 Å². The van der Waals surface area contributed by atoms with Gasteiger partial charge in [-0.05, 0) is 37.6 Å². The van der Waals surface area contributed by atoms with E-state index in [0.717, 1.165) is 15.4 Å². The van der Waals surface area contributed by atoms with Crippen LogP contribution in [0.1, 0.15) is 18.1 Å². The molecule has 1 N–H and O–H groups in total. The molecule has 0 unspecified atom stereocenters. The summed E-state index contributed by atoms with van der Waals surface area (Å²) in [7, 11) is 0. The quantitative estimate of drug-likeness (QED) is 0.600.